The molecule has 1 N–H and O–H groups in total. The number of benzene rings is 1. The number of piperidine rings is 1. The van der Waals surface area contributed by atoms with Gasteiger partial charge in [0.15, 0.2) is 4.90 Å². The summed E-state index contributed by atoms with van der Waals surface area (Å²) in [7, 11) is 0. The van der Waals surface area contributed by atoms with Crippen LogP contribution in [0.15, 0.2) is 29.2 Å². The first-order valence-electron chi connectivity index (χ1n) is 10.7. The summed E-state index contributed by atoms with van der Waals surface area (Å²) >= 11 is -1.24. The molecule has 30 heavy (non-hydrogen) atoms. The summed E-state index contributed by atoms with van der Waals surface area (Å²) in [4.78, 5) is 25.0. The molecule has 0 aromatic heterocycles. The van der Waals surface area contributed by atoms with Gasteiger partial charge in [-0.1, -0.05) is 6.07 Å². The highest BCUT2D eigenvalue weighted by Gasteiger charge is 2.31. The summed E-state index contributed by atoms with van der Waals surface area (Å²) in [5, 5.41) is 2.27. The van der Waals surface area contributed by atoms with Gasteiger partial charge in [-0.2, -0.15) is 0 Å². The van der Waals surface area contributed by atoms with E-state index < -0.39 is 11.4 Å². The first-order chi connectivity index (χ1) is 14.6. The Hall–Kier alpha value is -1.81. The van der Waals surface area contributed by atoms with Crippen LogP contribution in [0.2, 0.25) is 0 Å². The zero-order valence-corrected chi connectivity index (χ0v) is 17.9. The van der Waals surface area contributed by atoms with E-state index in [1.54, 1.807) is 0 Å². The van der Waals surface area contributed by atoms with Crippen LogP contribution in [0.5, 0.6) is 5.75 Å². The van der Waals surface area contributed by atoms with E-state index in [-0.39, 0.29) is 24.6 Å². The summed E-state index contributed by atoms with van der Waals surface area (Å²) in [6.07, 6.45) is 5.03. The molecule has 164 valence electrons. The number of hydrogen-bond acceptors (Lipinski definition) is 6. The Bertz CT molecular complexity index is 760. The predicted molar refractivity (Wildman–Crippen MR) is 111 cm³/mol. The van der Waals surface area contributed by atoms with Gasteiger partial charge in [0.25, 0.3) is 0 Å². The first-order valence-corrected chi connectivity index (χ1v) is 11.8. The zero-order valence-electron chi connectivity index (χ0n) is 17.1. The van der Waals surface area contributed by atoms with E-state index in [1.807, 2.05) is 28.6 Å². The van der Waals surface area contributed by atoms with Crippen molar-refractivity contribution in [2.24, 2.45) is 5.92 Å². The van der Waals surface area contributed by atoms with Gasteiger partial charge in [-0.25, -0.2) is 4.79 Å². The number of carbonyl (C=O) groups is 2. The van der Waals surface area contributed by atoms with Gasteiger partial charge >= 0.3 is 6.03 Å². The maximum Gasteiger partial charge on any atom is 0.324 e. The molecule has 3 fully saturated rings. The Balaban J connectivity index is 1.21. The fraction of sp³-hybridized carbons (Fsp3) is 0.619. The van der Waals surface area contributed by atoms with Gasteiger partial charge in [-0.15, -0.1) is 4.31 Å². The largest absolute Gasteiger partial charge is 0.593 e. The van der Waals surface area contributed by atoms with Crippen LogP contribution < -0.4 is 10.1 Å². The number of hydrogen-bond donors (Lipinski definition) is 1. The van der Waals surface area contributed by atoms with Crippen molar-refractivity contribution in [2.75, 3.05) is 39.4 Å². The van der Waals surface area contributed by atoms with E-state index in [0.29, 0.717) is 32.0 Å². The second kappa shape index (κ2) is 10.00. The van der Waals surface area contributed by atoms with Gasteiger partial charge in [0.1, 0.15) is 12.3 Å². The lowest BCUT2D eigenvalue weighted by molar-refractivity contribution is -0.118. The van der Waals surface area contributed by atoms with Gasteiger partial charge in [0.05, 0.1) is 30.6 Å². The highest BCUT2D eigenvalue weighted by molar-refractivity contribution is 7.89. The van der Waals surface area contributed by atoms with E-state index in [2.05, 4.69) is 5.32 Å². The van der Waals surface area contributed by atoms with E-state index in [4.69, 9.17) is 9.47 Å². The second-order valence-corrected chi connectivity index (χ2v) is 9.62. The van der Waals surface area contributed by atoms with Crippen molar-refractivity contribution in [1.82, 2.24) is 14.5 Å². The minimum atomic E-state index is -1.24. The SMILES string of the molecule is O=C1CN(CCCO[C@H]2CCCN([S+]([O-])c3cccc(OCC4CC4)c3)C2)C(=O)N1. The Kier molecular flexibility index (Phi) is 7.14. The summed E-state index contributed by atoms with van der Waals surface area (Å²) in [6, 6.07) is 7.24. The third kappa shape index (κ3) is 5.87. The molecule has 2 heterocycles. The smallest absolute Gasteiger partial charge is 0.324 e. The van der Waals surface area contributed by atoms with Crippen molar-refractivity contribution in [3.8, 4) is 5.75 Å². The maximum absolute atomic E-state index is 13.1. The Morgan fingerprint density at radius 3 is 2.87 bits per heavy atom. The van der Waals surface area contributed by atoms with Crippen LogP contribution in [0.1, 0.15) is 32.1 Å². The topological polar surface area (TPSA) is 94.2 Å². The molecule has 2 aliphatic heterocycles. The van der Waals surface area contributed by atoms with Crippen molar-refractivity contribution in [3.05, 3.63) is 24.3 Å². The zero-order chi connectivity index (χ0) is 20.9. The van der Waals surface area contributed by atoms with Crippen molar-refractivity contribution >= 4 is 23.3 Å². The number of urea groups is 1. The van der Waals surface area contributed by atoms with Crippen LogP contribution in [-0.2, 0) is 20.9 Å². The number of ether oxygens (including phenoxy) is 2. The fourth-order valence-electron chi connectivity index (χ4n) is 3.68. The van der Waals surface area contributed by atoms with Crippen molar-refractivity contribution in [2.45, 2.75) is 43.1 Å². The van der Waals surface area contributed by atoms with Crippen molar-refractivity contribution in [1.29, 1.82) is 0 Å². The molecule has 3 amide bonds. The molecule has 2 saturated heterocycles. The summed E-state index contributed by atoms with van der Waals surface area (Å²) in [5.74, 6) is 1.20. The third-order valence-electron chi connectivity index (χ3n) is 5.56. The minimum Gasteiger partial charge on any atom is -0.593 e. The fourth-order valence-corrected chi connectivity index (χ4v) is 4.99. The average Bonchev–Trinajstić information content (AvgIpc) is 3.53. The Morgan fingerprint density at radius 2 is 2.10 bits per heavy atom. The number of nitrogens with zero attached hydrogens (tertiary/aromatic N) is 2. The van der Waals surface area contributed by atoms with Crippen LogP contribution >= 0.6 is 0 Å². The first kappa shape index (κ1) is 21.4. The van der Waals surface area contributed by atoms with E-state index in [9.17, 15) is 14.1 Å². The molecular formula is C21H29N3O5S. The standard InChI is InChI=1S/C21H29N3O5S/c25-20-14-23(21(26)22-20)9-3-11-28-18-5-2-10-24(13-18)30(27)19-6-1-4-17(12-19)29-15-16-7-8-16/h1,4,6,12,16,18H,2-3,5,7-11,13-15H2,(H,22,25,26)/t18-,30?/m0/s1. The molecule has 0 radical (unpaired) electrons. The van der Waals surface area contributed by atoms with E-state index in [0.717, 1.165) is 36.6 Å². The number of imide groups is 1. The normalized spacial score (nSPS) is 23.5. The predicted octanol–water partition coefficient (Wildman–Crippen LogP) is 1.92. The molecule has 1 unspecified atom stereocenters. The van der Waals surface area contributed by atoms with Crippen LogP contribution in [-0.4, -0.2) is 71.2 Å². The molecule has 1 aliphatic carbocycles. The Morgan fingerprint density at radius 1 is 1.23 bits per heavy atom. The van der Waals surface area contributed by atoms with E-state index >= 15 is 0 Å². The molecule has 0 spiro atoms. The molecular weight excluding hydrogens is 406 g/mol. The van der Waals surface area contributed by atoms with Crippen LogP contribution in [0, 0.1) is 5.92 Å². The molecule has 8 nitrogen and oxygen atoms in total. The maximum atomic E-state index is 13.1. The lowest BCUT2D eigenvalue weighted by Crippen LogP contribution is -2.43. The monoisotopic (exact) mass is 435 g/mol. The third-order valence-corrected chi connectivity index (χ3v) is 7.02. The molecule has 1 aromatic carbocycles. The van der Waals surface area contributed by atoms with Gasteiger partial charge in [0, 0.05) is 25.8 Å². The number of carbonyl (C=O) groups excluding carboxylic acids is 2. The summed E-state index contributed by atoms with van der Waals surface area (Å²) < 4.78 is 26.8. The van der Waals surface area contributed by atoms with Crippen molar-refractivity contribution in [3.63, 3.8) is 0 Å². The van der Waals surface area contributed by atoms with Crippen LogP contribution in [0.3, 0.4) is 0 Å². The van der Waals surface area contributed by atoms with Gasteiger partial charge in [0.2, 0.25) is 5.91 Å². The highest BCUT2D eigenvalue weighted by Crippen LogP contribution is 2.30. The molecule has 0 bridgehead atoms. The number of nitrogens with one attached hydrogen (secondary N) is 1. The number of rotatable bonds is 10. The van der Waals surface area contributed by atoms with Gasteiger partial charge in [-0.3, -0.25) is 10.1 Å². The van der Waals surface area contributed by atoms with Gasteiger partial charge < -0.3 is 18.9 Å². The lowest BCUT2D eigenvalue weighted by Gasteiger charge is -2.32. The highest BCUT2D eigenvalue weighted by atomic mass is 32.2. The molecule has 3 aliphatic rings. The van der Waals surface area contributed by atoms with Crippen molar-refractivity contribution < 1.29 is 23.6 Å². The minimum absolute atomic E-state index is 0.0195. The molecule has 9 heteroatoms. The Labute approximate surface area is 180 Å². The van der Waals surface area contributed by atoms with Crippen LogP contribution in [0.25, 0.3) is 0 Å². The van der Waals surface area contributed by atoms with Gasteiger partial charge in [-0.05, 0) is 50.2 Å². The molecule has 2 atom stereocenters. The lowest BCUT2D eigenvalue weighted by atomic mass is 10.1. The molecule has 1 saturated carbocycles. The molecule has 4 rings (SSSR count). The number of amides is 3. The average molecular weight is 436 g/mol. The van der Waals surface area contributed by atoms with Crippen LogP contribution in [0.4, 0.5) is 4.79 Å². The molecule has 1 aromatic rings. The second-order valence-electron chi connectivity index (χ2n) is 8.13. The summed E-state index contributed by atoms with van der Waals surface area (Å²) in [6.45, 7) is 3.25. The summed E-state index contributed by atoms with van der Waals surface area (Å²) in [5.41, 5.74) is 0. The van der Waals surface area contributed by atoms with E-state index in [1.165, 1.54) is 17.7 Å². The quantitative estimate of drug-likeness (QED) is 0.343.